The number of carbonyl (C=O) groups excluding carboxylic acids is 1. The van der Waals surface area contributed by atoms with Crippen molar-refractivity contribution in [3.05, 3.63) is 39.6 Å². The summed E-state index contributed by atoms with van der Waals surface area (Å²) >= 11 is 1.42. The van der Waals surface area contributed by atoms with Crippen molar-refractivity contribution < 1.29 is 4.79 Å². The lowest BCUT2D eigenvalue weighted by Gasteiger charge is -2.24. The van der Waals surface area contributed by atoms with Crippen LogP contribution in [0.3, 0.4) is 0 Å². The summed E-state index contributed by atoms with van der Waals surface area (Å²) in [5.41, 5.74) is 2.08. The fourth-order valence-electron chi connectivity index (χ4n) is 2.45. The molecule has 23 heavy (non-hydrogen) atoms. The number of thioether (sulfide) groups is 1. The van der Waals surface area contributed by atoms with Gasteiger partial charge in [-0.1, -0.05) is 11.8 Å². The highest BCUT2D eigenvalue weighted by atomic mass is 32.2. The molecule has 8 heteroatoms. The van der Waals surface area contributed by atoms with E-state index in [1.165, 1.54) is 11.8 Å². The van der Waals surface area contributed by atoms with Gasteiger partial charge >= 0.3 is 0 Å². The lowest BCUT2D eigenvalue weighted by atomic mass is 10.1. The number of carbonyl (C=O) groups is 1. The zero-order valence-corrected chi connectivity index (χ0v) is 14.0. The molecule has 1 aliphatic rings. The minimum atomic E-state index is -0.321. The number of nitrogens with one attached hydrogen (secondary N) is 1. The first kappa shape index (κ1) is 15.7. The number of nitrogens with zero attached hydrogens (tertiary/aromatic N) is 4. The van der Waals surface area contributed by atoms with E-state index < -0.39 is 0 Å². The standard InChI is InChI=1S/C15H17N5O2S/c1-8-5-16-15-20(13(8)22)6-11(7-23-15)12(21)19-14-17-9(2)4-10(3)18-14/h4-5,11H,6-7H2,1-3H3,(H,17,18,19,21). The Bertz CT molecular complexity index is 813. The number of anilines is 1. The monoisotopic (exact) mass is 331 g/mol. The van der Waals surface area contributed by atoms with Gasteiger partial charge in [-0.15, -0.1) is 0 Å². The third-order valence-electron chi connectivity index (χ3n) is 3.59. The quantitative estimate of drug-likeness (QED) is 0.835. The summed E-state index contributed by atoms with van der Waals surface area (Å²) in [4.78, 5) is 37.3. The van der Waals surface area contributed by atoms with Gasteiger partial charge in [0.2, 0.25) is 11.9 Å². The number of aryl methyl sites for hydroxylation is 3. The van der Waals surface area contributed by atoms with Crippen LogP contribution < -0.4 is 10.9 Å². The Balaban J connectivity index is 1.79. The molecule has 0 saturated carbocycles. The zero-order valence-electron chi connectivity index (χ0n) is 13.2. The van der Waals surface area contributed by atoms with E-state index in [1.807, 2.05) is 19.9 Å². The predicted octanol–water partition coefficient (Wildman–Crippen LogP) is 1.32. The Hall–Kier alpha value is -2.22. The summed E-state index contributed by atoms with van der Waals surface area (Å²) in [7, 11) is 0. The molecule has 1 unspecified atom stereocenters. The van der Waals surface area contributed by atoms with Gasteiger partial charge in [0.25, 0.3) is 5.56 Å². The molecule has 1 amide bonds. The molecule has 0 spiro atoms. The number of rotatable bonds is 2. The second-order valence-corrected chi connectivity index (χ2v) is 6.60. The maximum atomic E-state index is 12.5. The lowest BCUT2D eigenvalue weighted by Crippen LogP contribution is -2.37. The first-order valence-electron chi connectivity index (χ1n) is 7.26. The molecule has 2 aromatic heterocycles. The highest BCUT2D eigenvalue weighted by molar-refractivity contribution is 7.99. The summed E-state index contributed by atoms with van der Waals surface area (Å²) in [6.45, 7) is 5.75. The Morgan fingerprint density at radius 3 is 2.70 bits per heavy atom. The number of hydrogen-bond donors (Lipinski definition) is 1. The van der Waals surface area contributed by atoms with E-state index in [0.717, 1.165) is 11.4 Å². The molecule has 0 fully saturated rings. The SMILES string of the molecule is Cc1cc(C)nc(NC(=O)C2CSc3ncc(C)c(=O)n3C2)n1. The van der Waals surface area contributed by atoms with Crippen molar-refractivity contribution >= 4 is 23.6 Å². The van der Waals surface area contributed by atoms with Crippen molar-refractivity contribution in [2.24, 2.45) is 5.92 Å². The molecule has 120 valence electrons. The molecule has 0 aromatic carbocycles. The van der Waals surface area contributed by atoms with E-state index in [9.17, 15) is 9.59 Å². The fraction of sp³-hybridized carbons (Fsp3) is 0.400. The number of hydrogen-bond acceptors (Lipinski definition) is 6. The molecule has 0 bridgehead atoms. The Kier molecular flexibility index (Phi) is 4.16. The van der Waals surface area contributed by atoms with Gasteiger partial charge in [-0.3, -0.25) is 19.5 Å². The van der Waals surface area contributed by atoms with Crippen LogP contribution in [0.2, 0.25) is 0 Å². The van der Waals surface area contributed by atoms with Crippen LogP contribution in [0.5, 0.6) is 0 Å². The van der Waals surface area contributed by atoms with E-state index in [4.69, 9.17) is 0 Å². The van der Waals surface area contributed by atoms with Crippen LogP contribution in [0.4, 0.5) is 5.95 Å². The van der Waals surface area contributed by atoms with Gasteiger partial charge in [-0.25, -0.2) is 15.0 Å². The molecule has 7 nitrogen and oxygen atoms in total. The summed E-state index contributed by atoms with van der Waals surface area (Å²) in [6.07, 6.45) is 1.57. The Labute approximate surface area is 137 Å². The van der Waals surface area contributed by atoms with Crippen molar-refractivity contribution in [1.29, 1.82) is 0 Å². The van der Waals surface area contributed by atoms with Crippen LogP contribution >= 0.6 is 11.8 Å². The molecule has 0 radical (unpaired) electrons. The average Bonchev–Trinajstić information content (AvgIpc) is 2.49. The van der Waals surface area contributed by atoms with E-state index >= 15 is 0 Å². The largest absolute Gasteiger partial charge is 0.294 e. The van der Waals surface area contributed by atoms with Crippen LogP contribution in [0, 0.1) is 26.7 Å². The van der Waals surface area contributed by atoms with Gasteiger partial charge in [0, 0.05) is 35.4 Å². The van der Waals surface area contributed by atoms with Crippen LogP contribution in [0.1, 0.15) is 17.0 Å². The molecule has 2 aromatic rings. The molecule has 0 aliphatic carbocycles. The molecular weight excluding hydrogens is 314 g/mol. The van der Waals surface area contributed by atoms with Crippen molar-refractivity contribution in [3.63, 3.8) is 0 Å². The predicted molar refractivity (Wildman–Crippen MR) is 87.6 cm³/mol. The van der Waals surface area contributed by atoms with Crippen LogP contribution in [0.25, 0.3) is 0 Å². The van der Waals surface area contributed by atoms with Crippen molar-refractivity contribution in [3.8, 4) is 0 Å². The maximum absolute atomic E-state index is 12.5. The minimum Gasteiger partial charge on any atom is -0.294 e. The summed E-state index contributed by atoms with van der Waals surface area (Å²) in [6, 6.07) is 1.84. The van der Waals surface area contributed by atoms with Gasteiger partial charge in [0.05, 0.1) is 5.92 Å². The number of amides is 1. The van der Waals surface area contributed by atoms with Gasteiger partial charge in [-0.2, -0.15) is 0 Å². The van der Waals surface area contributed by atoms with Gasteiger partial charge in [0.1, 0.15) is 0 Å². The van der Waals surface area contributed by atoms with Gasteiger partial charge in [0.15, 0.2) is 5.16 Å². The number of fused-ring (bicyclic) bond motifs is 1. The second kappa shape index (κ2) is 6.11. The van der Waals surface area contributed by atoms with Gasteiger partial charge < -0.3 is 0 Å². The van der Waals surface area contributed by atoms with E-state index in [1.54, 1.807) is 17.7 Å². The summed E-state index contributed by atoms with van der Waals surface area (Å²) in [5, 5.41) is 3.41. The Morgan fingerprint density at radius 2 is 2.00 bits per heavy atom. The lowest BCUT2D eigenvalue weighted by molar-refractivity contribution is -0.119. The van der Waals surface area contributed by atoms with Gasteiger partial charge in [-0.05, 0) is 26.8 Å². The molecule has 1 atom stereocenters. The minimum absolute atomic E-state index is 0.0948. The molecule has 1 aliphatic heterocycles. The second-order valence-electron chi connectivity index (χ2n) is 5.61. The van der Waals surface area contributed by atoms with E-state index in [2.05, 4.69) is 20.3 Å². The van der Waals surface area contributed by atoms with Crippen LogP contribution in [-0.2, 0) is 11.3 Å². The third-order valence-corrected chi connectivity index (χ3v) is 4.74. The highest BCUT2D eigenvalue weighted by Gasteiger charge is 2.27. The maximum Gasteiger partial charge on any atom is 0.257 e. The first-order valence-corrected chi connectivity index (χ1v) is 8.25. The van der Waals surface area contributed by atoms with E-state index in [-0.39, 0.29) is 17.4 Å². The smallest absolute Gasteiger partial charge is 0.257 e. The molecular formula is C15H17N5O2S. The average molecular weight is 331 g/mol. The highest BCUT2D eigenvalue weighted by Crippen LogP contribution is 2.25. The van der Waals surface area contributed by atoms with Crippen molar-refractivity contribution in [1.82, 2.24) is 19.5 Å². The van der Waals surface area contributed by atoms with Crippen molar-refractivity contribution in [2.45, 2.75) is 32.5 Å². The number of aromatic nitrogens is 4. The Morgan fingerprint density at radius 1 is 1.30 bits per heavy atom. The van der Waals surface area contributed by atoms with Crippen molar-refractivity contribution in [2.75, 3.05) is 11.1 Å². The van der Waals surface area contributed by atoms with E-state index in [0.29, 0.717) is 29.0 Å². The normalized spacial score (nSPS) is 16.7. The van der Waals surface area contributed by atoms with Crippen LogP contribution in [-0.4, -0.2) is 31.2 Å². The summed E-state index contributed by atoms with van der Waals surface area (Å²) in [5.74, 6) is 0.379. The molecule has 3 rings (SSSR count). The molecule has 3 heterocycles. The third kappa shape index (κ3) is 3.26. The topological polar surface area (TPSA) is 89.8 Å². The summed E-state index contributed by atoms with van der Waals surface area (Å²) < 4.78 is 1.57. The molecule has 0 saturated heterocycles. The molecule has 1 N–H and O–H groups in total. The first-order chi connectivity index (χ1) is 10.9. The fourth-order valence-corrected chi connectivity index (χ4v) is 3.50. The zero-order chi connectivity index (χ0) is 16.6. The van der Waals surface area contributed by atoms with Crippen LogP contribution in [0.15, 0.2) is 22.2 Å².